The molecule has 0 spiro atoms. The van der Waals surface area contributed by atoms with Crippen LogP contribution in [0.25, 0.3) is 27.8 Å². The fraction of sp³-hybridized carbons (Fsp3) is 0.0968. The Morgan fingerprint density at radius 2 is 1.50 bits per heavy atom. The van der Waals surface area contributed by atoms with Crippen LogP contribution >= 0.6 is 11.8 Å². The number of para-hydroxylation sites is 1. The second kappa shape index (κ2) is 9.17. The fourth-order valence-electron chi connectivity index (χ4n) is 4.71. The summed E-state index contributed by atoms with van der Waals surface area (Å²) in [7, 11) is 0. The van der Waals surface area contributed by atoms with Crippen LogP contribution in [-0.2, 0) is 17.9 Å². The van der Waals surface area contributed by atoms with E-state index in [2.05, 4.69) is 65.4 Å². The van der Waals surface area contributed by atoms with Crippen LogP contribution in [-0.4, -0.2) is 20.6 Å². The minimum Gasteiger partial charge on any atom is -0.342 e. The molecule has 176 valence electrons. The van der Waals surface area contributed by atoms with Gasteiger partial charge in [-0.15, -0.1) is 0 Å². The van der Waals surface area contributed by atoms with Crippen molar-refractivity contribution in [2.75, 3.05) is 0 Å². The molecule has 2 amide bonds. The number of aryl methyl sites for hydroxylation is 1. The Morgan fingerprint density at radius 1 is 0.778 bits per heavy atom. The highest BCUT2D eigenvalue weighted by Gasteiger charge is 2.35. The molecule has 1 saturated heterocycles. The number of aromatic nitrogens is 1. The molecule has 0 atom stereocenters. The molecule has 0 aliphatic carbocycles. The van der Waals surface area contributed by atoms with E-state index in [-0.39, 0.29) is 17.7 Å². The molecule has 1 aliphatic rings. The molecule has 0 N–H and O–H groups in total. The van der Waals surface area contributed by atoms with E-state index in [1.807, 2.05) is 49.4 Å². The molecule has 0 bridgehead atoms. The minimum absolute atomic E-state index is 0.230. The van der Waals surface area contributed by atoms with Crippen molar-refractivity contribution in [3.63, 3.8) is 0 Å². The van der Waals surface area contributed by atoms with Gasteiger partial charge in [0.15, 0.2) is 0 Å². The predicted molar refractivity (Wildman–Crippen MR) is 148 cm³/mol. The zero-order valence-corrected chi connectivity index (χ0v) is 20.7. The van der Waals surface area contributed by atoms with Crippen molar-refractivity contribution >= 4 is 50.7 Å². The second-order valence-corrected chi connectivity index (χ2v) is 10.2. The molecule has 0 radical (unpaired) electrons. The van der Waals surface area contributed by atoms with E-state index in [4.69, 9.17) is 0 Å². The topological polar surface area (TPSA) is 42.3 Å². The van der Waals surface area contributed by atoms with Gasteiger partial charge in [0.05, 0.1) is 11.4 Å². The average Bonchev–Trinajstić information content (AvgIpc) is 3.37. The van der Waals surface area contributed by atoms with E-state index in [9.17, 15) is 9.59 Å². The number of carbonyl (C=O) groups excluding carboxylic acids is 2. The van der Waals surface area contributed by atoms with Gasteiger partial charge in [0.25, 0.3) is 11.1 Å². The summed E-state index contributed by atoms with van der Waals surface area (Å²) in [5.41, 5.74) is 5.33. The lowest BCUT2D eigenvalue weighted by atomic mass is 10.1. The van der Waals surface area contributed by atoms with Crippen molar-refractivity contribution in [2.45, 2.75) is 20.0 Å². The standard InChI is InChI=1S/C31H24N2O2S/c1-21-10-12-22(13-11-21)19-33-30(34)29(36-31(33)35)17-26-20-32(28-9-5-4-8-27(26)28)18-23-14-15-24-6-2-3-7-25(24)16-23/h2-17,20H,18-19H2,1H3/b29-17-. The first-order valence-electron chi connectivity index (χ1n) is 11.9. The molecule has 1 aromatic heterocycles. The highest BCUT2D eigenvalue weighted by atomic mass is 32.2. The SMILES string of the molecule is Cc1ccc(CN2C(=O)S/C(=C\c3cn(Cc4ccc5ccccc5c4)c4ccccc34)C2=O)cc1. The summed E-state index contributed by atoms with van der Waals surface area (Å²) in [5.74, 6) is -0.239. The van der Waals surface area contributed by atoms with Crippen LogP contribution in [0.2, 0.25) is 0 Å². The number of carbonyl (C=O) groups is 2. The van der Waals surface area contributed by atoms with Crippen LogP contribution in [0.5, 0.6) is 0 Å². The van der Waals surface area contributed by atoms with Crippen molar-refractivity contribution in [2.24, 2.45) is 0 Å². The van der Waals surface area contributed by atoms with Crippen LogP contribution in [0, 0.1) is 6.92 Å². The molecule has 4 nitrogen and oxygen atoms in total. The van der Waals surface area contributed by atoms with E-state index in [0.29, 0.717) is 11.4 Å². The third-order valence-electron chi connectivity index (χ3n) is 6.61. The van der Waals surface area contributed by atoms with E-state index in [1.54, 1.807) is 0 Å². The molecular formula is C31H24N2O2S. The molecule has 2 heterocycles. The number of nitrogens with zero attached hydrogens (tertiary/aromatic N) is 2. The number of thioether (sulfide) groups is 1. The Kier molecular flexibility index (Phi) is 5.70. The normalized spacial score (nSPS) is 15.0. The lowest BCUT2D eigenvalue weighted by Gasteiger charge is -2.12. The Balaban J connectivity index is 1.31. The number of hydrogen-bond acceptors (Lipinski definition) is 3. The highest BCUT2D eigenvalue weighted by Crippen LogP contribution is 2.35. The van der Waals surface area contributed by atoms with Crippen molar-refractivity contribution in [3.05, 3.63) is 124 Å². The van der Waals surface area contributed by atoms with Crippen LogP contribution in [0.3, 0.4) is 0 Å². The lowest BCUT2D eigenvalue weighted by Crippen LogP contribution is -2.27. The number of fused-ring (bicyclic) bond motifs is 2. The first kappa shape index (κ1) is 22.4. The fourth-order valence-corrected chi connectivity index (χ4v) is 5.54. The van der Waals surface area contributed by atoms with E-state index in [0.717, 1.165) is 39.4 Å². The number of benzene rings is 4. The smallest absolute Gasteiger partial charge is 0.293 e. The number of hydrogen-bond donors (Lipinski definition) is 0. The molecule has 1 fully saturated rings. The molecule has 1 aliphatic heterocycles. The lowest BCUT2D eigenvalue weighted by molar-refractivity contribution is -0.123. The molecule has 5 heteroatoms. The van der Waals surface area contributed by atoms with Gasteiger partial charge in [-0.2, -0.15) is 0 Å². The summed E-state index contributed by atoms with van der Waals surface area (Å²) in [5, 5.41) is 3.27. The van der Waals surface area contributed by atoms with Gasteiger partial charge in [0.1, 0.15) is 0 Å². The van der Waals surface area contributed by atoms with Crippen LogP contribution in [0.4, 0.5) is 4.79 Å². The molecule has 0 unspecified atom stereocenters. The Labute approximate surface area is 213 Å². The van der Waals surface area contributed by atoms with E-state index >= 15 is 0 Å². The predicted octanol–water partition coefficient (Wildman–Crippen LogP) is 7.39. The first-order valence-corrected chi connectivity index (χ1v) is 12.7. The van der Waals surface area contributed by atoms with Gasteiger partial charge in [-0.3, -0.25) is 14.5 Å². The van der Waals surface area contributed by atoms with E-state index in [1.165, 1.54) is 21.2 Å². The summed E-state index contributed by atoms with van der Waals surface area (Å²) in [6.45, 7) is 3.02. The molecule has 4 aromatic carbocycles. The zero-order chi connectivity index (χ0) is 24.6. The average molecular weight is 489 g/mol. The van der Waals surface area contributed by atoms with Crippen molar-refractivity contribution in [3.8, 4) is 0 Å². The zero-order valence-electron chi connectivity index (χ0n) is 19.8. The Morgan fingerprint density at radius 3 is 2.33 bits per heavy atom. The van der Waals surface area contributed by atoms with Crippen molar-refractivity contribution in [1.29, 1.82) is 0 Å². The first-order chi connectivity index (χ1) is 17.5. The van der Waals surface area contributed by atoms with Crippen LogP contribution in [0.15, 0.2) is 102 Å². The van der Waals surface area contributed by atoms with Gasteiger partial charge < -0.3 is 4.57 Å². The number of rotatable bonds is 5. The largest absolute Gasteiger partial charge is 0.342 e. The molecular weight excluding hydrogens is 464 g/mol. The molecule has 6 rings (SSSR count). The van der Waals surface area contributed by atoms with Crippen molar-refractivity contribution < 1.29 is 9.59 Å². The summed E-state index contributed by atoms with van der Waals surface area (Å²) in [6.07, 6.45) is 3.94. The maximum absolute atomic E-state index is 13.2. The van der Waals surface area contributed by atoms with Crippen LogP contribution in [0.1, 0.15) is 22.3 Å². The second-order valence-electron chi connectivity index (χ2n) is 9.16. The van der Waals surface area contributed by atoms with Crippen LogP contribution < -0.4 is 0 Å². The van der Waals surface area contributed by atoms with Gasteiger partial charge in [0, 0.05) is 29.2 Å². The monoisotopic (exact) mass is 488 g/mol. The third kappa shape index (κ3) is 4.23. The van der Waals surface area contributed by atoms with Gasteiger partial charge in [-0.25, -0.2) is 0 Å². The van der Waals surface area contributed by atoms with Gasteiger partial charge in [-0.1, -0.05) is 84.4 Å². The Bertz CT molecular complexity index is 1660. The maximum atomic E-state index is 13.2. The minimum atomic E-state index is -0.239. The van der Waals surface area contributed by atoms with Crippen molar-refractivity contribution in [1.82, 2.24) is 9.47 Å². The third-order valence-corrected chi connectivity index (χ3v) is 7.52. The summed E-state index contributed by atoms with van der Waals surface area (Å²) >= 11 is 1.01. The molecule has 5 aromatic rings. The Hall–Kier alpha value is -4.09. The number of imide groups is 1. The quantitative estimate of drug-likeness (QED) is 0.242. The molecule has 0 saturated carbocycles. The van der Waals surface area contributed by atoms with Gasteiger partial charge in [0.2, 0.25) is 0 Å². The van der Waals surface area contributed by atoms with E-state index < -0.39 is 0 Å². The number of amides is 2. The summed E-state index contributed by atoms with van der Waals surface area (Å²) < 4.78 is 2.21. The highest BCUT2D eigenvalue weighted by molar-refractivity contribution is 8.18. The maximum Gasteiger partial charge on any atom is 0.293 e. The molecule has 36 heavy (non-hydrogen) atoms. The van der Waals surface area contributed by atoms with Gasteiger partial charge in [-0.05, 0) is 58.8 Å². The summed E-state index contributed by atoms with van der Waals surface area (Å²) in [4.78, 5) is 27.6. The summed E-state index contributed by atoms with van der Waals surface area (Å²) in [6, 6.07) is 31.0. The van der Waals surface area contributed by atoms with Gasteiger partial charge >= 0.3 is 0 Å².